The molecule has 0 radical (unpaired) electrons. The standard InChI is InChI=1S/C24H26N4O4/c1-27-9-11-28(12-10-27)22-15-20(24(30)31)19-14-17(5-8-21(19)26-22)25-23(29)13-16-3-6-18(32-2)7-4-16/h3-8,14-15H,9-13H2,1-2H3,(H,25,29)(H,30,31). The Morgan fingerprint density at radius 2 is 1.78 bits per heavy atom. The number of likely N-dealkylation sites (N-methyl/N-ethyl adjacent to an activating group) is 1. The second-order valence-corrected chi connectivity index (χ2v) is 7.93. The number of rotatable bonds is 6. The minimum Gasteiger partial charge on any atom is -0.497 e. The van der Waals surface area contributed by atoms with Crippen molar-refractivity contribution < 1.29 is 19.4 Å². The van der Waals surface area contributed by atoms with Crippen LogP contribution in [0.4, 0.5) is 11.5 Å². The van der Waals surface area contributed by atoms with Crippen LogP contribution in [0.2, 0.25) is 0 Å². The van der Waals surface area contributed by atoms with Crippen molar-refractivity contribution in [3.8, 4) is 5.75 Å². The number of aromatic carboxylic acids is 1. The lowest BCUT2D eigenvalue weighted by atomic mass is 10.1. The Morgan fingerprint density at radius 1 is 1.06 bits per heavy atom. The minimum absolute atomic E-state index is 0.176. The number of hydrogen-bond donors (Lipinski definition) is 2. The van der Waals surface area contributed by atoms with E-state index in [9.17, 15) is 14.7 Å². The highest BCUT2D eigenvalue weighted by molar-refractivity contribution is 6.05. The normalized spacial score (nSPS) is 14.4. The molecule has 1 saturated heterocycles. The van der Waals surface area contributed by atoms with Crippen LogP contribution in [0.15, 0.2) is 48.5 Å². The molecule has 0 unspecified atom stereocenters. The largest absolute Gasteiger partial charge is 0.497 e. The van der Waals surface area contributed by atoms with Crippen molar-refractivity contribution >= 4 is 34.3 Å². The summed E-state index contributed by atoms with van der Waals surface area (Å²) in [7, 11) is 3.66. The number of hydrogen-bond acceptors (Lipinski definition) is 6. The Kier molecular flexibility index (Phi) is 6.23. The Morgan fingerprint density at radius 3 is 2.44 bits per heavy atom. The number of benzene rings is 2. The summed E-state index contributed by atoms with van der Waals surface area (Å²) in [6, 6.07) is 14.1. The van der Waals surface area contributed by atoms with Crippen LogP contribution >= 0.6 is 0 Å². The average molecular weight is 434 g/mol. The van der Waals surface area contributed by atoms with E-state index in [2.05, 4.69) is 22.2 Å². The Bertz CT molecular complexity index is 1140. The van der Waals surface area contributed by atoms with Gasteiger partial charge in [-0.1, -0.05) is 12.1 Å². The molecule has 1 fully saturated rings. The van der Waals surface area contributed by atoms with Crippen molar-refractivity contribution in [3.63, 3.8) is 0 Å². The van der Waals surface area contributed by atoms with Gasteiger partial charge in [0.25, 0.3) is 0 Å². The zero-order valence-electron chi connectivity index (χ0n) is 18.2. The average Bonchev–Trinajstić information content (AvgIpc) is 2.79. The lowest BCUT2D eigenvalue weighted by Crippen LogP contribution is -2.44. The van der Waals surface area contributed by atoms with E-state index in [1.165, 1.54) is 0 Å². The number of carboxylic acids is 1. The number of ether oxygens (including phenoxy) is 1. The van der Waals surface area contributed by atoms with Gasteiger partial charge in [0.15, 0.2) is 0 Å². The molecule has 2 heterocycles. The maximum atomic E-state index is 12.5. The van der Waals surface area contributed by atoms with Crippen LogP contribution in [0, 0.1) is 0 Å². The highest BCUT2D eigenvalue weighted by Crippen LogP contribution is 2.27. The summed E-state index contributed by atoms with van der Waals surface area (Å²) < 4.78 is 5.13. The molecule has 1 amide bonds. The van der Waals surface area contributed by atoms with Crippen LogP contribution in [-0.2, 0) is 11.2 Å². The minimum atomic E-state index is -1.02. The topological polar surface area (TPSA) is 95.0 Å². The number of nitrogens with one attached hydrogen (secondary N) is 1. The van der Waals surface area contributed by atoms with Gasteiger partial charge in [0.1, 0.15) is 11.6 Å². The molecule has 2 aromatic carbocycles. The van der Waals surface area contributed by atoms with Gasteiger partial charge in [-0.2, -0.15) is 0 Å². The highest BCUT2D eigenvalue weighted by Gasteiger charge is 2.19. The Hall–Kier alpha value is -3.65. The van der Waals surface area contributed by atoms with Gasteiger partial charge in [0.2, 0.25) is 5.91 Å². The lowest BCUT2D eigenvalue weighted by molar-refractivity contribution is -0.115. The summed E-state index contributed by atoms with van der Waals surface area (Å²) in [5, 5.41) is 13.2. The zero-order valence-corrected chi connectivity index (χ0v) is 18.2. The molecule has 8 nitrogen and oxygen atoms in total. The van der Waals surface area contributed by atoms with Crippen molar-refractivity contribution in [3.05, 3.63) is 59.7 Å². The molecule has 1 aliphatic heterocycles. The van der Waals surface area contributed by atoms with E-state index in [0.29, 0.717) is 22.4 Å². The SMILES string of the molecule is COc1ccc(CC(=O)Nc2ccc3nc(N4CCN(C)CC4)cc(C(=O)O)c3c2)cc1. The number of aromatic nitrogens is 1. The molecule has 0 bridgehead atoms. The van der Waals surface area contributed by atoms with Crippen LogP contribution in [-0.4, -0.2) is 67.2 Å². The number of pyridine rings is 1. The lowest BCUT2D eigenvalue weighted by Gasteiger charge is -2.33. The summed E-state index contributed by atoms with van der Waals surface area (Å²) in [6.07, 6.45) is 0.203. The summed E-state index contributed by atoms with van der Waals surface area (Å²) in [5.41, 5.74) is 2.16. The van der Waals surface area contributed by atoms with Crippen molar-refractivity contribution in [1.29, 1.82) is 0 Å². The first kappa shape index (κ1) is 21.6. The first-order valence-corrected chi connectivity index (χ1v) is 10.5. The fraction of sp³-hybridized carbons (Fsp3) is 0.292. The first-order valence-electron chi connectivity index (χ1n) is 10.5. The summed E-state index contributed by atoms with van der Waals surface area (Å²) in [6.45, 7) is 3.41. The van der Waals surface area contributed by atoms with Gasteiger partial charge < -0.3 is 25.0 Å². The smallest absolute Gasteiger partial charge is 0.336 e. The molecular formula is C24H26N4O4. The molecule has 2 N–H and O–H groups in total. The molecule has 1 aromatic heterocycles. The Balaban J connectivity index is 1.55. The second kappa shape index (κ2) is 9.23. The molecule has 0 atom stereocenters. The van der Waals surface area contributed by atoms with Crippen molar-refractivity contribution in [2.45, 2.75) is 6.42 Å². The molecule has 166 valence electrons. The van der Waals surface area contributed by atoms with E-state index in [1.54, 1.807) is 43.5 Å². The van der Waals surface area contributed by atoms with Crippen LogP contribution in [0.1, 0.15) is 15.9 Å². The molecular weight excluding hydrogens is 408 g/mol. The van der Waals surface area contributed by atoms with Gasteiger partial charge in [0, 0.05) is 37.3 Å². The third-order valence-corrected chi connectivity index (χ3v) is 5.66. The number of carboxylic acid groups (broad SMARTS) is 1. The molecule has 32 heavy (non-hydrogen) atoms. The van der Waals surface area contributed by atoms with Gasteiger partial charge in [-0.3, -0.25) is 4.79 Å². The fourth-order valence-corrected chi connectivity index (χ4v) is 3.80. The maximum absolute atomic E-state index is 12.5. The van der Waals surface area contributed by atoms with Crippen LogP contribution < -0.4 is 15.0 Å². The van der Waals surface area contributed by atoms with Crippen molar-refractivity contribution in [2.24, 2.45) is 0 Å². The van der Waals surface area contributed by atoms with E-state index >= 15 is 0 Å². The number of nitrogens with zero attached hydrogens (tertiary/aromatic N) is 3. The number of carbonyl (C=O) groups excluding carboxylic acids is 1. The number of piperazine rings is 1. The molecule has 3 aromatic rings. The molecule has 0 aliphatic carbocycles. The summed E-state index contributed by atoms with van der Waals surface area (Å²) in [4.78, 5) is 33.5. The molecule has 4 rings (SSSR count). The molecule has 0 spiro atoms. The highest BCUT2D eigenvalue weighted by atomic mass is 16.5. The predicted octanol–water partition coefficient (Wildman–Crippen LogP) is 2.87. The third-order valence-electron chi connectivity index (χ3n) is 5.66. The van der Waals surface area contributed by atoms with E-state index in [4.69, 9.17) is 9.72 Å². The first-order chi connectivity index (χ1) is 15.4. The third kappa shape index (κ3) is 4.81. The molecule has 1 aliphatic rings. The number of amides is 1. The van der Waals surface area contributed by atoms with Gasteiger partial charge in [-0.05, 0) is 49.0 Å². The van der Waals surface area contributed by atoms with Crippen LogP contribution in [0.25, 0.3) is 10.9 Å². The molecule has 0 saturated carbocycles. The van der Waals surface area contributed by atoms with Gasteiger partial charge in [-0.15, -0.1) is 0 Å². The molecule has 8 heteroatoms. The number of anilines is 2. The van der Waals surface area contributed by atoms with Crippen LogP contribution in [0.5, 0.6) is 5.75 Å². The van der Waals surface area contributed by atoms with Gasteiger partial charge >= 0.3 is 5.97 Å². The predicted molar refractivity (Wildman–Crippen MR) is 124 cm³/mol. The number of fused-ring (bicyclic) bond motifs is 1. The van der Waals surface area contributed by atoms with E-state index < -0.39 is 5.97 Å². The van der Waals surface area contributed by atoms with E-state index in [-0.39, 0.29) is 17.9 Å². The monoisotopic (exact) mass is 434 g/mol. The van der Waals surface area contributed by atoms with Crippen LogP contribution in [0.3, 0.4) is 0 Å². The van der Waals surface area contributed by atoms with Crippen molar-refractivity contribution in [2.75, 3.05) is 50.6 Å². The summed E-state index contributed by atoms with van der Waals surface area (Å²) in [5.74, 6) is 0.190. The Labute approximate surface area is 186 Å². The number of carbonyl (C=O) groups is 2. The zero-order chi connectivity index (χ0) is 22.7. The van der Waals surface area contributed by atoms with Gasteiger partial charge in [0.05, 0.1) is 24.6 Å². The van der Waals surface area contributed by atoms with Gasteiger partial charge in [-0.25, -0.2) is 9.78 Å². The quantitative estimate of drug-likeness (QED) is 0.616. The van der Waals surface area contributed by atoms with E-state index in [1.807, 2.05) is 12.1 Å². The second-order valence-electron chi connectivity index (χ2n) is 7.93. The maximum Gasteiger partial charge on any atom is 0.336 e. The van der Waals surface area contributed by atoms with Crippen molar-refractivity contribution in [1.82, 2.24) is 9.88 Å². The summed E-state index contributed by atoms with van der Waals surface area (Å²) >= 11 is 0. The van der Waals surface area contributed by atoms with E-state index in [0.717, 1.165) is 37.5 Å². The fourth-order valence-electron chi connectivity index (χ4n) is 3.80. The number of methoxy groups -OCH3 is 1.